The number of ether oxygens (including phenoxy) is 1. The van der Waals surface area contributed by atoms with Crippen LogP contribution in [0.4, 0.5) is 4.79 Å². The lowest BCUT2D eigenvalue weighted by Crippen LogP contribution is -2.39. The second-order valence-electron chi connectivity index (χ2n) is 5.47. The van der Waals surface area contributed by atoms with Gasteiger partial charge in [0.1, 0.15) is 5.60 Å². The van der Waals surface area contributed by atoms with Crippen LogP contribution in [0, 0.1) is 5.92 Å². The summed E-state index contributed by atoms with van der Waals surface area (Å²) in [6, 6.07) is 0. The maximum atomic E-state index is 11.9. The second-order valence-corrected chi connectivity index (χ2v) is 5.47. The minimum atomic E-state index is -0.446. The topological polar surface area (TPSA) is 49.8 Å². The van der Waals surface area contributed by atoms with Gasteiger partial charge in [-0.1, -0.05) is 6.42 Å². The van der Waals surface area contributed by atoms with Crippen molar-refractivity contribution >= 4 is 6.09 Å². The van der Waals surface area contributed by atoms with Crippen LogP contribution in [0.1, 0.15) is 40.0 Å². The first-order valence-corrected chi connectivity index (χ1v) is 6.01. The molecule has 0 radical (unpaired) electrons. The van der Waals surface area contributed by atoms with E-state index in [4.69, 9.17) is 9.84 Å². The zero-order valence-electron chi connectivity index (χ0n) is 10.5. The highest BCUT2D eigenvalue weighted by Crippen LogP contribution is 2.18. The van der Waals surface area contributed by atoms with Gasteiger partial charge in [-0.25, -0.2) is 4.79 Å². The summed E-state index contributed by atoms with van der Waals surface area (Å²) in [6.45, 7) is 7.11. The molecule has 4 heteroatoms. The summed E-state index contributed by atoms with van der Waals surface area (Å²) in [5.41, 5.74) is -0.446. The Morgan fingerprint density at radius 3 is 2.69 bits per heavy atom. The van der Waals surface area contributed by atoms with Gasteiger partial charge < -0.3 is 14.7 Å². The third-order valence-corrected chi connectivity index (χ3v) is 2.68. The Morgan fingerprint density at radius 2 is 2.12 bits per heavy atom. The predicted molar refractivity (Wildman–Crippen MR) is 62.2 cm³/mol. The van der Waals surface area contributed by atoms with Crippen molar-refractivity contribution in [3.05, 3.63) is 0 Å². The molecule has 1 atom stereocenters. The summed E-state index contributed by atoms with van der Waals surface area (Å²) >= 11 is 0. The Labute approximate surface area is 97.6 Å². The van der Waals surface area contributed by atoms with Crippen molar-refractivity contribution in [2.45, 2.75) is 45.6 Å². The fourth-order valence-electron chi connectivity index (χ4n) is 1.87. The molecular weight excluding hydrogens is 206 g/mol. The van der Waals surface area contributed by atoms with Crippen LogP contribution in [0.15, 0.2) is 0 Å². The number of aliphatic hydroxyl groups excluding tert-OH is 1. The molecule has 0 aromatic carbocycles. The van der Waals surface area contributed by atoms with Crippen molar-refractivity contribution in [3.8, 4) is 0 Å². The van der Waals surface area contributed by atoms with E-state index in [-0.39, 0.29) is 18.6 Å². The van der Waals surface area contributed by atoms with Gasteiger partial charge in [0.25, 0.3) is 0 Å². The summed E-state index contributed by atoms with van der Waals surface area (Å²) in [5.74, 6) is 0.204. The zero-order chi connectivity index (χ0) is 12.2. The van der Waals surface area contributed by atoms with E-state index in [9.17, 15) is 4.79 Å². The lowest BCUT2D eigenvalue weighted by molar-refractivity contribution is 0.0218. The molecule has 1 saturated heterocycles. The molecule has 0 aromatic heterocycles. The maximum absolute atomic E-state index is 11.9. The Morgan fingerprint density at radius 1 is 1.44 bits per heavy atom. The van der Waals surface area contributed by atoms with E-state index in [2.05, 4.69) is 0 Å². The van der Waals surface area contributed by atoms with Gasteiger partial charge >= 0.3 is 6.09 Å². The molecule has 1 heterocycles. The van der Waals surface area contributed by atoms with Gasteiger partial charge in [-0.3, -0.25) is 0 Å². The molecule has 1 amide bonds. The number of aliphatic hydroxyl groups is 1. The van der Waals surface area contributed by atoms with Gasteiger partial charge in [-0.05, 0) is 39.5 Å². The molecule has 1 fully saturated rings. The van der Waals surface area contributed by atoms with Crippen molar-refractivity contribution in [3.63, 3.8) is 0 Å². The quantitative estimate of drug-likeness (QED) is 0.748. The summed E-state index contributed by atoms with van der Waals surface area (Å²) in [6.07, 6.45) is 2.81. The van der Waals surface area contributed by atoms with E-state index in [0.29, 0.717) is 6.54 Å². The van der Waals surface area contributed by atoms with Gasteiger partial charge in [-0.15, -0.1) is 0 Å². The average molecular weight is 229 g/mol. The zero-order valence-corrected chi connectivity index (χ0v) is 10.5. The summed E-state index contributed by atoms with van der Waals surface area (Å²) in [5, 5.41) is 9.17. The molecule has 1 aliphatic heterocycles. The first-order valence-electron chi connectivity index (χ1n) is 6.01. The highest BCUT2D eigenvalue weighted by atomic mass is 16.6. The van der Waals surface area contributed by atoms with Crippen molar-refractivity contribution in [2.75, 3.05) is 19.7 Å². The maximum Gasteiger partial charge on any atom is 0.410 e. The van der Waals surface area contributed by atoms with E-state index < -0.39 is 5.60 Å². The molecule has 0 spiro atoms. The molecule has 1 aliphatic rings. The number of rotatable bonds is 1. The van der Waals surface area contributed by atoms with E-state index >= 15 is 0 Å². The summed E-state index contributed by atoms with van der Waals surface area (Å²) in [7, 11) is 0. The highest BCUT2D eigenvalue weighted by Gasteiger charge is 2.25. The third kappa shape index (κ3) is 4.39. The van der Waals surface area contributed by atoms with Crippen LogP contribution in [0.5, 0.6) is 0 Å². The molecule has 0 bridgehead atoms. The van der Waals surface area contributed by atoms with Crippen molar-refractivity contribution in [1.82, 2.24) is 4.90 Å². The molecule has 0 aromatic rings. The van der Waals surface area contributed by atoms with Crippen LogP contribution in [0.2, 0.25) is 0 Å². The molecule has 1 rings (SSSR count). The van der Waals surface area contributed by atoms with Crippen LogP contribution in [-0.4, -0.2) is 41.4 Å². The number of likely N-dealkylation sites (tertiary alicyclic amines) is 1. The van der Waals surface area contributed by atoms with E-state index in [0.717, 1.165) is 25.8 Å². The highest BCUT2D eigenvalue weighted by molar-refractivity contribution is 5.68. The Bertz CT molecular complexity index is 235. The number of carbonyl (C=O) groups is 1. The minimum Gasteiger partial charge on any atom is -0.444 e. The van der Waals surface area contributed by atoms with Crippen LogP contribution in [-0.2, 0) is 4.74 Å². The number of nitrogens with zero attached hydrogens (tertiary/aromatic N) is 1. The molecule has 1 unspecified atom stereocenters. The molecule has 94 valence electrons. The van der Waals surface area contributed by atoms with Crippen molar-refractivity contribution in [1.29, 1.82) is 0 Å². The second kappa shape index (κ2) is 5.53. The minimum absolute atomic E-state index is 0.152. The Hall–Kier alpha value is -0.770. The van der Waals surface area contributed by atoms with Gasteiger partial charge in [0, 0.05) is 19.7 Å². The lowest BCUT2D eigenvalue weighted by atomic mass is 10.1. The standard InChI is InChI=1S/C12H23NO3/c1-12(2,3)16-11(15)13-7-5-4-6-10(8-13)9-14/h10,14H,4-9H2,1-3H3. The number of hydrogen-bond acceptors (Lipinski definition) is 3. The van der Waals surface area contributed by atoms with Crippen molar-refractivity contribution < 1.29 is 14.6 Å². The van der Waals surface area contributed by atoms with Crippen LogP contribution >= 0.6 is 0 Å². The van der Waals surface area contributed by atoms with E-state index in [1.807, 2.05) is 20.8 Å². The predicted octanol–water partition coefficient (Wildman–Crippen LogP) is 2.02. The molecular formula is C12H23NO3. The normalized spacial score (nSPS) is 22.8. The first-order chi connectivity index (χ1) is 7.42. The Kier molecular flexibility index (Phi) is 4.59. The third-order valence-electron chi connectivity index (χ3n) is 2.68. The lowest BCUT2D eigenvalue weighted by Gasteiger charge is -2.27. The fourth-order valence-corrected chi connectivity index (χ4v) is 1.87. The first kappa shape index (κ1) is 13.3. The van der Waals surface area contributed by atoms with Crippen molar-refractivity contribution in [2.24, 2.45) is 5.92 Å². The van der Waals surface area contributed by atoms with Gasteiger partial charge in [0.15, 0.2) is 0 Å². The number of carbonyl (C=O) groups excluding carboxylic acids is 1. The van der Waals surface area contributed by atoms with Gasteiger partial charge in [0.05, 0.1) is 0 Å². The van der Waals surface area contributed by atoms with Gasteiger partial charge in [-0.2, -0.15) is 0 Å². The van der Waals surface area contributed by atoms with Crippen LogP contribution in [0.3, 0.4) is 0 Å². The largest absolute Gasteiger partial charge is 0.444 e. The van der Waals surface area contributed by atoms with Gasteiger partial charge in [0.2, 0.25) is 0 Å². The van der Waals surface area contributed by atoms with E-state index in [1.54, 1.807) is 4.90 Å². The number of amides is 1. The summed E-state index contributed by atoms with van der Waals surface area (Å²) in [4.78, 5) is 13.6. The molecule has 1 N–H and O–H groups in total. The molecule has 16 heavy (non-hydrogen) atoms. The molecule has 4 nitrogen and oxygen atoms in total. The number of hydrogen-bond donors (Lipinski definition) is 1. The monoisotopic (exact) mass is 229 g/mol. The van der Waals surface area contributed by atoms with Crippen LogP contribution in [0.25, 0.3) is 0 Å². The molecule has 0 saturated carbocycles. The van der Waals surface area contributed by atoms with Crippen LogP contribution < -0.4 is 0 Å². The SMILES string of the molecule is CC(C)(C)OC(=O)N1CCCCC(CO)C1. The Balaban J connectivity index is 2.53. The fraction of sp³-hybridized carbons (Fsp3) is 0.917. The van der Waals surface area contributed by atoms with E-state index in [1.165, 1.54) is 0 Å². The molecule has 0 aliphatic carbocycles. The average Bonchev–Trinajstić information content (AvgIpc) is 2.39. The summed E-state index contributed by atoms with van der Waals surface area (Å²) < 4.78 is 5.33. The smallest absolute Gasteiger partial charge is 0.410 e.